The lowest BCUT2D eigenvalue weighted by Gasteiger charge is -2.08. The maximum absolute atomic E-state index is 12.5. The minimum Gasteiger partial charge on any atom is -0.431 e. The van der Waals surface area contributed by atoms with E-state index in [2.05, 4.69) is 13.8 Å². The van der Waals surface area contributed by atoms with Gasteiger partial charge in [0, 0.05) is 0 Å². The van der Waals surface area contributed by atoms with Crippen molar-refractivity contribution in [3.8, 4) is 0 Å². The summed E-state index contributed by atoms with van der Waals surface area (Å²) >= 11 is 0. The van der Waals surface area contributed by atoms with Gasteiger partial charge in [-0.05, 0) is 56.0 Å². The largest absolute Gasteiger partial charge is 0.431 e. The second-order valence-corrected chi connectivity index (χ2v) is 8.86. The minimum atomic E-state index is -4.56. The predicted octanol–water partition coefficient (Wildman–Crippen LogP) is 6.22. The number of allylic oxidation sites excluding steroid dienone is 2. The van der Waals surface area contributed by atoms with Crippen molar-refractivity contribution in [2.75, 3.05) is 0 Å². The Morgan fingerprint density at radius 2 is 1.31 bits per heavy atom. The van der Waals surface area contributed by atoms with Crippen LogP contribution in [0, 0.1) is 0 Å². The molecule has 0 radical (unpaired) electrons. The Kier molecular flexibility index (Phi) is 13.2. The van der Waals surface area contributed by atoms with Crippen molar-refractivity contribution in [2.24, 2.45) is 0 Å². The van der Waals surface area contributed by atoms with Crippen LogP contribution in [0.15, 0.2) is 47.8 Å². The molecule has 0 amide bonds. The highest BCUT2D eigenvalue weighted by Gasteiger charge is 2.22. The Labute approximate surface area is 191 Å². The van der Waals surface area contributed by atoms with Crippen LogP contribution in [0.2, 0.25) is 0 Å². The third-order valence-corrected chi connectivity index (χ3v) is 5.57. The summed E-state index contributed by atoms with van der Waals surface area (Å²) in [7, 11) is -4.56. The number of rotatable bonds is 15. The van der Waals surface area contributed by atoms with Crippen molar-refractivity contribution in [3.63, 3.8) is 0 Å². The highest BCUT2D eigenvalue weighted by molar-refractivity contribution is 7.85. The van der Waals surface area contributed by atoms with Crippen LogP contribution >= 0.6 is 0 Å². The van der Waals surface area contributed by atoms with Crippen molar-refractivity contribution in [1.82, 2.24) is 0 Å². The van der Waals surface area contributed by atoms with Crippen LogP contribution in [-0.4, -0.2) is 24.9 Å². The first-order valence-corrected chi connectivity index (χ1v) is 12.6. The minimum absolute atomic E-state index is 0.158. The first-order valence-electron chi connectivity index (χ1n) is 11.1. The molecule has 7 nitrogen and oxygen atoms in total. The Bertz CT molecular complexity index is 886. The van der Waals surface area contributed by atoms with Crippen LogP contribution in [0.25, 0.3) is 0 Å². The molecular weight excluding hydrogens is 432 g/mol. The second kappa shape index (κ2) is 15.4. The SMILES string of the molecule is CCCCCC/C=C/OC(=O)c1ccc(S(=O)(=O)O)cc1C(=O)O/C=C/CCCCCC. The van der Waals surface area contributed by atoms with Gasteiger partial charge in [-0.3, -0.25) is 4.55 Å². The topological polar surface area (TPSA) is 107 Å². The molecule has 0 aliphatic carbocycles. The maximum Gasteiger partial charge on any atom is 0.343 e. The molecule has 0 atom stereocenters. The van der Waals surface area contributed by atoms with Gasteiger partial charge >= 0.3 is 11.9 Å². The molecule has 32 heavy (non-hydrogen) atoms. The van der Waals surface area contributed by atoms with E-state index in [-0.39, 0.29) is 11.1 Å². The predicted molar refractivity (Wildman–Crippen MR) is 123 cm³/mol. The third-order valence-electron chi connectivity index (χ3n) is 4.72. The Hall–Kier alpha value is -2.45. The fraction of sp³-hybridized carbons (Fsp3) is 0.500. The van der Waals surface area contributed by atoms with Crippen molar-refractivity contribution in [2.45, 2.75) is 83.0 Å². The van der Waals surface area contributed by atoms with E-state index >= 15 is 0 Å². The van der Waals surface area contributed by atoms with Crippen LogP contribution in [0.1, 0.15) is 98.8 Å². The third kappa shape index (κ3) is 10.7. The molecule has 0 unspecified atom stereocenters. The van der Waals surface area contributed by atoms with E-state index in [1.54, 1.807) is 12.2 Å². The van der Waals surface area contributed by atoms with Crippen LogP contribution in [0.3, 0.4) is 0 Å². The number of benzene rings is 1. The van der Waals surface area contributed by atoms with Crippen LogP contribution < -0.4 is 0 Å². The van der Waals surface area contributed by atoms with Gasteiger partial charge in [0.15, 0.2) is 0 Å². The molecule has 1 rings (SSSR count). The zero-order chi connectivity index (χ0) is 23.8. The zero-order valence-electron chi connectivity index (χ0n) is 18.9. The highest BCUT2D eigenvalue weighted by Crippen LogP contribution is 2.19. The summed E-state index contributed by atoms with van der Waals surface area (Å²) in [6.07, 6.45) is 16.0. The van der Waals surface area contributed by atoms with Crippen LogP contribution in [0.4, 0.5) is 0 Å². The first-order chi connectivity index (χ1) is 15.3. The average molecular weight is 467 g/mol. The highest BCUT2D eigenvalue weighted by atomic mass is 32.2. The summed E-state index contributed by atoms with van der Waals surface area (Å²) in [6.45, 7) is 4.24. The number of hydrogen-bond donors (Lipinski definition) is 1. The van der Waals surface area contributed by atoms with Gasteiger partial charge in [-0.1, -0.05) is 52.4 Å². The summed E-state index contributed by atoms with van der Waals surface area (Å²) < 4.78 is 42.3. The molecule has 1 N–H and O–H groups in total. The molecule has 0 aliphatic rings. The van der Waals surface area contributed by atoms with Crippen LogP contribution in [-0.2, 0) is 19.6 Å². The molecule has 0 bridgehead atoms. The van der Waals surface area contributed by atoms with Crippen molar-refractivity contribution >= 4 is 22.1 Å². The quantitative estimate of drug-likeness (QED) is 0.142. The van der Waals surface area contributed by atoms with Crippen molar-refractivity contribution < 1.29 is 32.0 Å². The van der Waals surface area contributed by atoms with Crippen LogP contribution in [0.5, 0.6) is 0 Å². The fourth-order valence-electron chi connectivity index (χ4n) is 2.89. The van der Waals surface area contributed by atoms with Gasteiger partial charge in [-0.2, -0.15) is 8.42 Å². The summed E-state index contributed by atoms with van der Waals surface area (Å²) in [5.74, 6) is -1.75. The van der Waals surface area contributed by atoms with Gasteiger partial charge in [-0.25, -0.2) is 9.59 Å². The lowest BCUT2D eigenvalue weighted by Crippen LogP contribution is -2.13. The molecule has 178 valence electrons. The number of esters is 2. The van der Waals surface area contributed by atoms with Gasteiger partial charge in [0.25, 0.3) is 10.1 Å². The van der Waals surface area contributed by atoms with E-state index in [4.69, 9.17) is 9.47 Å². The molecule has 0 aromatic heterocycles. The Morgan fingerprint density at radius 3 is 1.78 bits per heavy atom. The molecule has 0 spiro atoms. The van der Waals surface area contributed by atoms with E-state index in [0.717, 1.165) is 82.4 Å². The van der Waals surface area contributed by atoms with E-state index in [0.29, 0.717) is 0 Å². The second-order valence-electron chi connectivity index (χ2n) is 7.44. The zero-order valence-corrected chi connectivity index (χ0v) is 19.7. The molecule has 0 aliphatic heterocycles. The Morgan fingerprint density at radius 1 is 0.812 bits per heavy atom. The molecule has 1 aromatic carbocycles. The first kappa shape index (κ1) is 27.6. The van der Waals surface area contributed by atoms with Gasteiger partial charge in [0.1, 0.15) is 0 Å². The Balaban J connectivity index is 2.85. The molecule has 1 aromatic rings. The standard InChI is InChI=1S/C24H34O7S/c1-3-5-7-9-11-13-17-30-23(25)21-16-15-20(32(27,28)29)19-22(21)24(26)31-18-14-12-10-8-6-4-2/h13-19H,3-12H2,1-2H3,(H,27,28,29)/b17-13+,18-14+. The molecule has 8 heteroatoms. The lowest BCUT2D eigenvalue weighted by molar-refractivity contribution is 0.0617. The normalized spacial score (nSPS) is 11.8. The number of carbonyl (C=O) groups excluding carboxylic acids is 2. The average Bonchev–Trinajstić information content (AvgIpc) is 2.76. The molecule has 0 saturated carbocycles. The van der Waals surface area contributed by atoms with Gasteiger partial charge in [0.05, 0.1) is 28.5 Å². The monoisotopic (exact) mass is 466 g/mol. The van der Waals surface area contributed by atoms with E-state index in [1.807, 2.05) is 0 Å². The van der Waals surface area contributed by atoms with Gasteiger partial charge in [-0.15, -0.1) is 0 Å². The van der Waals surface area contributed by atoms with Gasteiger partial charge < -0.3 is 9.47 Å². The summed E-state index contributed by atoms with van der Waals surface area (Å²) in [5, 5.41) is 0. The smallest absolute Gasteiger partial charge is 0.343 e. The summed E-state index contributed by atoms with van der Waals surface area (Å²) in [5.41, 5.74) is -0.466. The van der Waals surface area contributed by atoms with Gasteiger partial charge in [0.2, 0.25) is 0 Å². The number of carbonyl (C=O) groups is 2. The van der Waals surface area contributed by atoms with E-state index in [9.17, 15) is 22.6 Å². The lowest BCUT2D eigenvalue weighted by atomic mass is 10.1. The molecule has 0 saturated heterocycles. The van der Waals surface area contributed by atoms with E-state index < -0.39 is 27.0 Å². The molecular formula is C24H34O7S. The maximum atomic E-state index is 12.5. The number of unbranched alkanes of at least 4 members (excludes halogenated alkanes) is 8. The number of hydrogen-bond acceptors (Lipinski definition) is 6. The summed E-state index contributed by atoms with van der Waals surface area (Å²) in [6, 6.07) is 3.05. The number of ether oxygens (including phenoxy) is 2. The van der Waals surface area contributed by atoms with Crippen molar-refractivity contribution in [3.05, 3.63) is 54.0 Å². The molecule has 0 heterocycles. The van der Waals surface area contributed by atoms with E-state index in [1.165, 1.54) is 12.5 Å². The van der Waals surface area contributed by atoms with Crippen molar-refractivity contribution in [1.29, 1.82) is 0 Å². The fourth-order valence-corrected chi connectivity index (χ4v) is 3.40. The molecule has 0 fully saturated rings. The summed E-state index contributed by atoms with van der Waals surface area (Å²) in [4.78, 5) is 24.4.